The standard InChI is InChI=1S/C13H20ClN/c1-5-10(3)13(15-4)11-7-6-9(2)8-12(11)14/h6-8,10,13,15H,5H2,1-4H3. The van der Waals surface area contributed by atoms with Gasteiger partial charge in [0, 0.05) is 11.1 Å². The van der Waals surface area contributed by atoms with Crippen molar-refractivity contribution < 1.29 is 0 Å². The monoisotopic (exact) mass is 225 g/mol. The maximum atomic E-state index is 6.26. The molecule has 2 unspecified atom stereocenters. The van der Waals surface area contributed by atoms with Crippen molar-refractivity contribution in [3.8, 4) is 0 Å². The van der Waals surface area contributed by atoms with E-state index in [4.69, 9.17) is 11.6 Å². The SMILES string of the molecule is CCC(C)C(NC)c1ccc(C)cc1Cl. The minimum atomic E-state index is 0.350. The normalized spacial score (nSPS) is 15.0. The van der Waals surface area contributed by atoms with Gasteiger partial charge in [-0.2, -0.15) is 0 Å². The van der Waals surface area contributed by atoms with Crippen LogP contribution in [0.3, 0.4) is 0 Å². The summed E-state index contributed by atoms with van der Waals surface area (Å²) in [6.07, 6.45) is 1.15. The molecule has 0 aromatic heterocycles. The van der Waals surface area contributed by atoms with Gasteiger partial charge in [-0.3, -0.25) is 0 Å². The molecule has 2 atom stereocenters. The Morgan fingerprint density at radius 3 is 2.53 bits per heavy atom. The molecule has 1 rings (SSSR count). The summed E-state index contributed by atoms with van der Waals surface area (Å²) in [6.45, 7) is 6.52. The Balaban J connectivity index is 3.01. The van der Waals surface area contributed by atoms with Crippen LogP contribution >= 0.6 is 11.6 Å². The Morgan fingerprint density at radius 2 is 2.07 bits per heavy atom. The summed E-state index contributed by atoms with van der Waals surface area (Å²) in [5.41, 5.74) is 2.42. The Morgan fingerprint density at radius 1 is 1.40 bits per heavy atom. The minimum absolute atomic E-state index is 0.350. The molecule has 0 radical (unpaired) electrons. The number of rotatable bonds is 4. The quantitative estimate of drug-likeness (QED) is 0.818. The molecular formula is C13H20ClN. The number of halogens is 1. The molecule has 0 amide bonds. The van der Waals surface area contributed by atoms with E-state index in [9.17, 15) is 0 Å². The summed E-state index contributed by atoms with van der Waals surface area (Å²) in [4.78, 5) is 0. The largest absolute Gasteiger partial charge is 0.313 e. The second-order valence-electron chi connectivity index (χ2n) is 4.18. The molecule has 0 saturated carbocycles. The zero-order valence-corrected chi connectivity index (χ0v) is 10.7. The highest BCUT2D eigenvalue weighted by Gasteiger charge is 2.18. The lowest BCUT2D eigenvalue weighted by Crippen LogP contribution is -2.23. The molecule has 1 nitrogen and oxygen atoms in total. The fourth-order valence-electron chi connectivity index (χ4n) is 1.87. The van der Waals surface area contributed by atoms with Gasteiger partial charge in [-0.05, 0) is 37.1 Å². The molecular weight excluding hydrogens is 206 g/mol. The molecule has 1 aromatic rings. The summed E-state index contributed by atoms with van der Waals surface area (Å²) in [5, 5.41) is 4.21. The van der Waals surface area contributed by atoms with Crippen LogP contribution in [0.4, 0.5) is 0 Å². The molecule has 0 aliphatic heterocycles. The number of hydrogen-bond acceptors (Lipinski definition) is 1. The van der Waals surface area contributed by atoms with Gasteiger partial charge >= 0.3 is 0 Å². The first-order valence-electron chi connectivity index (χ1n) is 5.53. The van der Waals surface area contributed by atoms with Crippen LogP contribution in [-0.4, -0.2) is 7.05 Å². The smallest absolute Gasteiger partial charge is 0.0456 e. The molecule has 1 N–H and O–H groups in total. The van der Waals surface area contributed by atoms with E-state index in [0.717, 1.165) is 11.4 Å². The van der Waals surface area contributed by atoms with Crippen molar-refractivity contribution in [3.63, 3.8) is 0 Å². The number of nitrogens with one attached hydrogen (secondary N) is 1. The van der Waals surface area contributed by atoms with E-state index in [0.29, 0.717) is 12.0 Å². The van der Waals surface area contributed by atoms with Crippen molar-refractivity contribution >= 4 is 11.6 Å². The van der Waals surface area contributed by atoms with Crippen LogP contribution in [0.15, 0.2) is 18.2 Å². The first-order chi connectivity index (χ1) is 7.10. The summed E-state index contributed by atoms with van der Waals surface area (Å²) in [7, 11) is 1.99. The second kappa shape index (κ2) is 5.53. The molecule has 0 aliphatic carbocycles. The van der Waals surface area contributed by atoms with Crippen LogP contribution in [0, 0.1) is 12.8 Å². The maximum absolute atomic E-state index is 6.26. The molecule has 15 heavy (non-hydrogen) atoms. The fourth-order valence-corrected chi connectivity index (χ4v) is 2.22. The van der Waals surface area contributed by atoms with Gasteiger partial charge in [-0.15, -0.1) is 0 Å². The predicted octanol–water partition coefficient (Wildman–Crippen LogP) is 3.96. The van der Waals surface area contributed by atoms with Crippen LogP contribution < -0.4 is 5.32 Å². The van der Waals surface area contributed by atoms with Gasteiger partial charge in [0.05, 0.1) is 0 Å². The number of benzene rings is 1. The van der Waals surface area contributed by atoms with Crippen molar-refractivity contribution in [3.05, 3.63) is 34.3 Å². The summed E-state index contributed by atoms with van der Waals surface area (Å²) in [5.74, 6) is 0.593. The third-order valence-electron chi connectivity index (χ3n) is 3.02. The lowest BCUT2D eigenvalue weighted by atomic mass is 9.92. The fraction of sp³-hybridized carbons (Fsp3) is 0.538. The van der Waals surface area contributed by atoms with Gasteiger partial charge in [0.25, 0.3) is 0 Å². The third-order valence-corrected chi connectivity index (χ3v) is 3.34. The van der Waals surface area contributed by atoms with Gasteiger partial charge in [-0.1, -0.05) is 44.0 Å². The maximum Gasteiger partial charge on any atom is 0.0456 e. The highest BCUT2D eigenvalue weighted by molar-refractivity contribution is 6.31. The van der Waals surface area contributed by atoms with Gasteiger partial charge in [0.15, 0.2) is 0 Å². The Bertz CT molecular complexity index is 322. The number of aryl methyl sites for hydroxylation is 1. The van der Waals surface area contributed by atoms with Crippen LogP contribution in [-0.2, 0) is 0 Å². The Kier molecular flexibility index (Phi) is 4.62. The summed E-state index contributed by atoms with van der Waals surface area (Å²) >= 11 is 6.26. The van der Waals surface area contributed by atoms with Gasteiger partial charge < -0.3 is 5.32 Å². The van der Waals surface area contributed by atoms with E-state index in [2.05, 4.69) is 38.2 Å². The topological polar surface area (TPSA) is 12.0 Å². The molecule has 0 spiro atoms. The molecule has 0 heterocycles. The van der Waals surface area contributed by atoms with E-state index in [-0.39, 0.29) is 0 Å². The van der Waals surface area contributed by atoms with Gasteiger partial charge in [0.1, 0.15) is 0 Å². The van der Waals surface area contributed by atoms with E-state index >= 15 is 0 Å². The minimum Gasteiger partial charge on any atom is -0.313 e. The molecule has 0 saturated heterocycles. The van der Waals surface area contributed by atoms with Crippen LogP contribution in [0.1, 0.15) is 37.4 Å². The van der Waals surface area contributed by atoms with E-state index < -0.39 is 0 Å². The van der Waals surface area contributed by atoms with E-state index in [1.807, 2.05) is 13.1 Å². The lowest BCUT2D eigenvalue weighted by molar-refractivity contribution is 0.400. The highest BCUT2D eigenvalue weighted by Crippen LogP contribution is 2.30. The molecule has 0 fully saturated rings. The molecule has 84 valence electrons. The average Bonchev–Trinajstić information content (AvgIpc) is 2.21. The van der Waals surface area contributed by atoms with Crippen molar-refractivity contribution in [2.45, 2.75) is 33.2 Å². The van der Waals surface area contributed by atoms with Gasteiger partial charge in [0.2, 0.25) is 0 Å². The van der Waals surface area contributed by atoms with Crippen molar-refractivity contribution in [1.29, 1.82) is 0 Å². The molecule has 0 bridgehead atoms. The molecule has 2 heteroatoms. The van der Waals surface area contributed by atoms with Crippen molar-refractivity contribution in [2.75, 3.05) is 7.05 Å². The zero-order valence-electron chi connectivity index (χ0n) is 9.97. The Hall–Kier alpha value is -0.530. The van der Waals surface area contributed by atoms with Crippen LogP contribution in [0.25, 0.3) is 0 Å². The van der Waals surface area contributed by atoms with Crippen molar-refractivity contribution in [1.82, 2.24) is 5.32 Å². The van der Waals surface area contributed by atoms with Crippen LogP contribution in [0.2, 0.25) is 5.02 Å². The van der Waals surface area contributed by atoms with Crippen LogP contribution in [0.5, 0.6) is 0 Å². The zero-order chi connectivity index (χ0) is 11.4. The third kappa shape index (κ3) is 2.96. The summed E-state index contributed by atoms with van der Waals surface area (Å²) in [6, 6.07) is 6.63. The average molecular weight is 226 g/mol. The van der Waals surface area contributed by atoms with E-state index in [1.165, 1.54) is 11.1 Å². The summed E-state index contributed by atoms with van der Waals surface area (Å²) < 4.78 is 0. The molecule has 1 aromatic carbocycles. The first-order valence-corrected chi connectivity index (χ1v) is 5.91. The van der Waals surface area contributed by atoms with Gasteiger partial charge in [-0.25, -0.2) is 0 Å². The predicted molar refractivity (Wildman–Crippen MR) is 67.4 cm³/mol. The second-order valence-corrected chi connectivity index (χ2v) is 4.58. The first kappa shape index (κ1) is 12.5. The highest BCUT2D eigenvalue weighted by atomic mass is 35.5. The number of hydrogen-bond donors (Lipinski definition) is 1. The van der Waals surface area contributed by atoms with Crippen molar-refractivity contribution in [2.24, 2.45) is 5.92 Å². The van der Waals surface area contributed by atoms with E-state index in [1.54, 1.807) is 0 Å². The molecule has 0 aliphatic rings. The Labute approximate surface area is 97.8 Å². The lowest BCUT2D eigenvalue weighted by Gasteiger charge is -2.24.